The fraction of sp³-hybridized carbons (Fsp3) is 0.308. The van der Waals surface area contributed by atoms with Crippen molar-refractivity contribution in [2.75, 3.05) is 59.3 Å². The summed E-state index contributed by atoms with van der Waals surface area (Å²) in [4.78, 5) is 27.6. The maximum Gasteiger partial charge on any atom is 0.421 e. The summed E-state index contributed by atoms with van der Waals surface area (Å²) in [5, 5.41) is 5.58. The van der Waals surface area contributed by atoms with Crippen LogP contribution in [0.5, 0.6) is 0 Å². The normalized spacial score (nSPS) is 14.0. The van der Waals surface area contributed by atoms with Crippen LogP contribution in [-0.4, -0.2) is 73.7 Å². The van der Waals surface area contributed by atoms with Crippen LogP contribution in [0.1, 0.15) is 11.1 Å². The first kappa shape index (κ1) is 29.6. The number of carbonyl (C=O) groups is 1. The number of pyridine rings is 1. The Hall–Kier alpha value is -4.40. The third kappa shape index (κ3) is 7.22. The second-order valence-electron chi connectivity index (χ2n) is 9.21. The van der Waals surface area contributed by atoms with Crippen molar-refractivity contribution in [3.8, 4) is 0 Å². The van der Waals surface area contributed by atoms with Crippen molar-refractivity contribution in [2.24, 2.45) is 0 Å². The summed E-state index contributed by atoms with van der Waals surface area (Å²) in [7, 11) is -2.34. The minimum Gasteiger partial charge on any atom is -0.368 e. The zero-order valence-corrected chi connectivity index (χ0v) is 23.2. The highest BCUT2D eigenvalue weighted by atomic mass is 32.2. The molecule has 0 aliphatic carbocycles. The van der Waals surface area contributed by atoms with Crippen LogP contribution in [0.2, 0.25) is 0 Å². The molecule has 1 amide bonds. The van der Waals surface area contributed by atoms with Gasteiger partial charge in [0.05, 0.1) is 6.26 Å². The number of piperazine rings is 1. The van der Waals surface area contributed by atoms with E-state index in [1.165, 1.54) is 19.3 Å². The van der Waals surface area contributed by atoms with Gasteiger partial charge < -0.3 is 20.4 Å². The molecular weight excluding hydrogens is 561 g/mol. The maximum absolute atomic E-state index is 13.7. The van der Waals surface area contributed by atoms with Gasteiger partial charge in [0.25, 0.3) is 0 Å². The average molecular weight is 591 g/mol. The Morgan fingerprint density at radius 2 is 1.80 bits per heavy atom. The number of sulfonamides is 1. The molecule has 3 aromatic rings. The Morgan fingerprint density at radius 3 is 2.41 bits per heavy atom. The minimum absolute atomic E-state index is 0.0653. The molecule has 41 heavy (non-hydrogen) atoms. The first-order valence-corrected chi connectivity index (χ1v) is 14.3. The number of anilines is 5. The van der Waals surface area contributed by atoms with Gasteiger partial charge in [0, 0.05) is 69.1 Å². The molecule has 0 unspecified atom stereocenters. The van der Waals surface area contributed by atoms with Gasteiger partial charge in [-0.05, 0) is 36.4 Å². The van der Waals surface area contributed by atoms with E-state index in [-0.39, 0.29) is 24.2 Å². The number of alkyl halides is 3. The van der Waals surface area contributed by atoms with Crippen LogP contribution in [-0.2, 0) is 27.5 Å². The number of benzene rings is 1. The molecule has 4 rings (SSSR count). The molecule has 15 heteroatoms. The molecule has 11 nitrogen and oxygen atoms in total. The summed E-state index contributed by atoms with van der Waals surface area (Å²) in [5.74, 6) is -0.561. The lowest BCUT2D eigenvalue weighted by Gasteiger charge is -2.35. The van der Waals surface area contributed by atoms with Crippen molar-refractivity contribution in [1.82, 2.24) is 19.9 Å². The van der Waals surface area contributed by atoms with E-state index in [1.807, 2.05) is 12.1 Å². The summed E-state index contributed by atoms with van der Waals surface area (Å²) in [6, 6.07) is 10.3. The molecule has 1 aliphatic rings. The van der Waals surface area contributed by atoms with E-state index in [2.05, 4.69) is 37.1 Å². The molecule has 0 atom stereocenters. The van der Waals surface area contributed by atoms with Crippen LogP contribution in [0.4, 0.5) is 42.1 Å². The first-order valence-electron chi connectivity index (χ1n) is 12.5. The fourth-order valence-corrected chi connectivity index (χ4v) is 4.65. The van der Waals surface area contributed by atoms with Gasteiger partial charge in [-0.2, -0.15) is 18.2 Å². The highest BCUT2D eigenvalue weighted by molar-refractivity contribution is 7.92. The van der Waals surface area contributed by atoms with Gasteiger partial charge >= 0.3 is 6.18 Å². The van der Waals surface area contributed by atoms with E-state index in [9.17, 15) is 26.4 Å². The van der Waals surface area contributed by atoms with Crippen LogP contribution in [0.25, 0.3) is 0 Å². The number of hydrogen-bond donors (Lipinski definition) is 2. The lowest BCUT2D eigenvalue weighted by molar-refractivity contribution is -0.137. The van der Waals surface area contributed by atoms with Gasteiger partial charge in [-0.25, -0.2) is 18.4 Å². The van der Waals surface area contributed by atoms with Gasteiger partial charge in [-0.1, -0.05) is 12.6 Å². The van der Waals surface area contributed by atoms with Gasteiger partial charge in [-0.15, -0.1) is 0 Å². The highest BCUT2D eigenvalue weighted by Gasteiger charge is 2.35. The lowest BCUT2D eigenvalue weighted by atomic mass is 10.2. The summed E-state index contributed by atoms with van der Waals surface area (Å²) >= 11 is 0. The number of halogens is 3. The number of rotatable bonds is 9. The molecule has 218 valence electrons. The predicted octanol–water partition coefficient (Wildman–Crippen LogP) is 3.48. The number of hydrogen-bond acceptors (Lipinski definition) is 9. The summed E-state index contributed by atoms with van der Waals surface area (Å²) in [6.07, 6.45) is -0.355. The topological polar surface area (TPSA) is 124 Å². The standard InChI is InChI=1S/C26H29F3N8O3S/c1-4-22(38)37-14-12-36(13-15-37)20-9-7-19(8-10-20)33-25-32-17-21(26(27,28)29)23(34-25)31-16-18-6-5-11-30-24(18)35(2)41(3,39)40/h4-11,17H,1,12-16H2,2-3H3,(H2,31,32,33,34). The summed E-state index contributed by atoms with van der Waals surface area (Å²) in [6.45, 7) is 5.80. The molecule has 1 saturated heterocycles. The van der Waals surface area contributed by atoms with Crippen LogP contribution >= 0.6 is 0 Å². The first-order chi connectivity index (χ1) is 19.4. The van der Waals surface area contributed by atoms with E-state index in [0.717, 1.165) is 16.2 Å². The molecular formula is C26H29F3N8O3S. The number of carbonyl (C=O) groups excluding carboxylic acids is 1. The maximum atomic E-state index is 13.7. The molecule has 1 aromatic carbocycles. The van der Waals surface area contributed by atoms with Crippen molar-refractivity contribution in [2.45, 2.75) is 12.7 Å². The molecule has 0 bridgehead atoms. The van der Waals surface area contributed by atoms with Crippen LogP contribution in [0, 0.1) is 0 Å². The zero-order valence-electron chi connectivity index (χ0n) is 22.4. The van der Waals surface area contributed by atoms with E-state index >= 15 is 0 Å². The van der Waals surface area contributed by atoms with E-state index in [0.29, 0.717) is 43.6 Å². The Balaban J connectivity index is 1.49. The van der Waals surface area contributed by atoms with E-state index < -0.39 is 27.6 Å². The number of amides is 1. The SMILES string of the molecule is C=CC(=O)N1CCN(c2ccc(Nc3ncc(C(F)(F)F)c(NCc4cccnc4N(C)S(C)(=O)=O)n3)cc2)CC1. The smallest absolute Gasteiger partial charge is 0.368 e. The molecule has 1 aliphatic heterocycles. The second-order valence-corrected chi connectivity index (χ2v) is 11.2. The number of nitrogens with zero attached hydrogens (tertiary/aromatic N) is 6. The van der Waals surface area contributed by atoms with Crippen molar-refractivity contribution in [3.05, 3.63) is 72.6 Å². The lowest BCUT2D eigenvalue weighted by Crippen LogP contribution is -2.48. The molecule has 2 aromatic heterocycles. The van der Waals surface area contributed by atoms with Crippen molar-refractivity contribution < 1.29 is 26.4 Å². The van der Waals surface area contributed by atoms with Crippen LogP contribution in [0.15, 0.2) is 61.4 Å². The van der Waals surface area contributed by atoms with Crippen molar-refractivity contribution in [3.63, 3.8) is 0 Å². The monoisotopic (exact) mass is 590 g/mol. The highest BCUT2D eigenvalue weighted by Crippen LogP contribution is 2.34. The quantitative estimate of drug-likeness (QED) is 0.361. The molecule has 1 fully saturated rings. The molecule has 0 radical (unpaired) electrons. The largest absolute Gasteiger partial charge is 0.421 e. The van der Waals surface area contributed by atoms with Crippen molar-refractivity contribution >= 4 is 44.9 Å². The van der Waals surface area contributed by atoms with Gasteiger partial charge in [0.1, 0.15) is 17.2 Å². The predicted molar refractivity (Wildman–Crippen MR) is 151 cm³/mol. The molecule has 0 saturated carbocycles. The zero-order chi connectivity index (χ0) is 29.8. The van der Waals surface area contributed by atoms with Gasteiger partial charge in [0.2, 0.25) is 21.9 Å². The second kappa shape index (κ2) is 12.0. The Labute approximate surface area is 235 Å². The van der Waals surface area contributed by atoms with Crippen LogP contribution < -0.4 is 19.8 Å². The summed E-state index contributed by atoms with van der Waals surface area (Å²) < 4.78 is 66.1. The molecule has 0 spiro atoms. The number of aromatic nitrogens is 3. The average Bonchev–Trinajstić information content (AvgIpc) is 2.95. The van der Waals surface area contributed by atoms with Gasteiger partial charge in [0.15, 0.2) is 0 Å². The molecule has 3 heterocycles. The Bertz CT molecular complexity index is 1510. The Kier molecular flexibility index (Phi) is 8.66. The summed E-state index contributed by atoms with van der Waals surface area (Å²) in [5.41, 5.74) is 0.772. The third-order valence-electron chi connectivity index (χ3n) is 6.46. The molecule has 2 N–H and O–H groups in total. The van der Waals surface area contributed by atoms with E-state index in [4.69, 9.17) is 0 Å². The van der Waals surface area contributed by atoms with E-state index in [1.54, 1.807) is 29.2 Å². The van der Waals surface area contributed by atoms with Crippen LogP contribution in [0.3, 0.4) is 0 Å². The van der Waals surface area contributed by atoms with Crippen molar-refractivity contribution in [1.29, 1.82) is 0 Å². The minimum atomic E-state index is -4.73. The Morgan fingerprint density at radius 1 is 1.12 bits per heavy atom. The fourth-order valence-electron chi connectivity index (χ4n) is 4.17. The van der Waals surface area contributed by atoms with Gasteiger partial charge in [-0.3, -0.25) is 9.10 Å². The number of nitrogens with one attached hydrogen (secondary N) is 2. The third-order valence-corrected chi connectivity index (χ3v) is 7.63.